The lowest BCUT2D eigenvalue weighted by molar-refractivity contribution is -0.00759. The second-order valence-electron chi connectivity index (χ2n) is 2.33. The highest BCUT2D eigenvalue weighted by molar-refractivity contribution is 4.76. The molecule has 0 N–H and O–H groups in total. The zero-order valence-electron chi connectivity index (χ0n) is 4.98. The first-order valence-electron chi connectivity index (χ1n) is 2.87. The topological polar surface area (TPSA) is 9.23 Å². The fraction of sp³-hybridized carbons (Fsp3) is 1.00. The van der Waals surface area contributed by atoms with Gasteiger partial charge >= 0.3 is 0 Å². The Morgan fingerprint density at radius 3 is 2.14 bits per heavy atom. The van der Waals surface area contributed by atoms with Crippen LogP contribution in [0.3, 0.4) is 0 Å². The Balaban J connectivity index is 2.16. The Labute approximate surface area is 44.7 Å². The summed E-state index contributed by atoms with van der Waals surface area (Å²) in [6.07, 6.45) is 3.22. The summed E-state index contributed by atoms with van der Waals surface area (Å²) in [6, 6.07) is 0. The van der Waals surface area contributed by atoms with Gasteiger partial charge in [0.1, 0.15) is 0 Å². The largest absolute Gasteiger partial charge is 0.381 e. The fourth-order valence-corrected chi connectivity index (χ4v) is 0.986. The van der Waals surface area contributed by atoms with E-state index < -0.39 is 0 Å². The zero-order valence-corrected chi connectivity index (χ0v) is 4.98. The molecule has 1 fully saturated rings. The van der Waals surface area contributed by atoms with Crippen molar-refractivity contribution < 1.29 is 4.74 Å². The maximum Gasteiger partial charge on any atom is 0.0597 e. The first-order valence-corrected chi connectivity index (χ1v) is 2.87. The quantitative estimate of drug-likeness (QED) is 0.484. The van der Waals surface area contributed by atoms with Gasteiger partial charge in [0.15, 0.2) is 0 Å². The highest BCUT2D eigenvalue weighted by atomic mass is 16.5. The maximum absolute atomic E-state index is 5.10. The minimum atomic E-state index is 0.583. The van der Waals surface area contributed by atoms with E-state index in [0.29, 0.717) is 6.10 Å². The van der Waals surface area contributed by atoms with E-state index in [1.165, 1.54) is 12.8 Å². The van der Waals surface area contributed by atoms with Crippen molar-refractivity contribution in [1.82, 2.24) is 0 Å². The van der Waals surface area contributed by atoms with Crippen LogP contribution in [0.1, 0.15) is 19.8 Å². The molecule has 42 valence electrons. The van der Waals surface area contributed by atoms with Crippen molar-refractivity contribution in [3.8, 4) is 0 Å². The van der Waals surface area contributed by atoms with Gasteiger partial charge < -0.3 is 4.74 Å². The molecule has 0 bridgehead atoms. The van der Waals surface area contributed by atoms with Gasteiger partial charge in [0, 0.05) is 7.11 Å². The van der Waals surface area contributed by atoms with Crippen LogP contribution in [0.15, 0.2) is 0 Å². The number of methoxy groups -OCH3 is 1. The van der Waals surface area contributed by atoms with Crippen LogP contribution in [0.25, 0.3) is 0 Å². The smallest absolute Gasteiger partial charge is 0.0597 e. The van der Waals surface area contributed by atoms with Crippen molar-refractivity contribution in [3.05, 3.63) is 0 Å². The third-order valence-electron chi connectivity index (χ3n) is 1.84. The van der Waals surface area contributed by atoms with E-state index >= 15 is 0 Å². The molecule has 0 aromatic heterocycles. The van der Waals surface area contributed by atoms with Gasteiger partial charge in [-0.1, -0.05) is 6.92 Å². The summed E-state index contributed by atoms with van der Waals surface area (Å²) in [5.74, 6) is 0.824. The summed E-state index contributed by atoms with van der Waals surface area (Å²) in [7, 11) is 1.79. The van der Waals surface area contributed by atoms with Crippen LogP contribution >= 0.6 is 0 Å². The lowest BCUT2D eigenvalue weighted by Crippen LogP contribution is -2.30. The minimum absolute atomic E-state index is 0.583. The number of ether oxygens (including phenoxy) is 1. The first kappa shape index (κ1) is 5.10. The van der Waals surface area contributed by atoms with E-state index in [1.54, 1.807) is 7.11 Å². The van der Waals surface area contributed by atoms with Crippen molar-refractivity contribution in [2.24, 2.45) is 5.92 Å². The lowest BCUT2D eigenvalue weighted by atomic mass is 9.84. The molecule has 0 radical (unpaired) electrons. The van der Waals surface area contributed by atoms with Gasteiger partial charge in [-0.05, 0) is 18.8 Å². The number of hydrogen-bond acceptors (Lipinski definition) is 1. The molecule has 1 heteroatoms. The van der Waals surface area contributed by atoms with Crippen molar-refractivity contribution in [3.63, 3.8) is 0 Å². The summed E-state index contributed by atoms with van der Waals surface area (Å²) in [6.45, 7) is 2.23. The Morgan fingerprint density at radius 2 is 2.14 bits per heavy atom. The van der Waals surface area contributed by atoms with E-state index in [4.69, 9.17) is 4.74 Å². The van der Waals surface area contributed by atoms with Crippen LogP contribution in [-0.2, 0) is 4.74 Å². The van der Waals surface area contributed by atoms with Gasteiger partial charge in [0.25, 0.3) is 0 Å². The molecule has 0 heterocycles. The van der Waals surface area contributed by atoms with Gasteiger partial charge in [-0.2, -0.15) is 0 Å². The number of rotatable bonds is 1. The maximum atomic E-state index is 5.10. The molecule has 1 saturated carbocycles. The molecule has 0 amide bonds. The van der Waals surface area contributed by atoms with E-state index in [9.17, 15) is 0 Å². The molecular weight excluding hydrogens is 88.1 g/mol. The van der Waals surface area contributed by atoms with E-state index in [0.717, 1.165) is 5.92 Å². The summed E-state index contributed by atoms with van der Waals surface area (Å²) < 4.78 is 5.10. The zero-order chi connectivity index (χ0) is 5.28. The molecule has 0 aromatic rings. The third-order valence-corrected chi connectivity index (χ3v) is 1.84. The molecule has 1 aliphatic carbocycles. The normalized spacial score (nSPS) is 40.3. The van der Waals surface area contributed by atoms with E-state index in [1.807, 2.05) is 0 Å². The van der Waals surface area contributed by atoms with Gasteiger partial charge in [-0.3, -0.25) is 0 Å². The highest BCUT2D eigenvalue weighted by Crippen LogP contribution is 2.28. The monoisotopic (exact) mass is 100 g/mol. The molecule has 1 rings (SSSR count). The SMILES string of the molecule is CO[C@@H]1CC[C@H]1C. The Hall–Kier alpha value is -0.0400. The highest BCUT2D eigenvalue weighted by Gasteiger charge is 2.25. The Bertz CT molecular complexity index is 59.2. The van der Waals surface area contributed by atoms with Crippen molar-refractivity contribution in [2.75, 3.05) is 7.11 Å². The van der Waals surface area contributed by atoms with Crippen molar-refractivity contribution >= 4 is 0 Å². The minimum Gasteiger partial charge on any atom is -0.381 e. The molecule has 7 heavy (non-hydrogen) atoms. The molecule has 0 aromatic carbocycles. The van der Waals surface area contributed by atoms with E-state index in [-0.39, 0.29) is 0 Å². The summed E-state index contributed by atoms with van der Waals surface area (Å²) in [5.41, 5.74) is 0. The van der Waals surface area contributed by atoms with Gasteiger partial charge in [-0.15, -0.1) is 0 Å². The van der Waals surface area contributed by atoms with Gasteiger partial charge in [-0.25, -0.2) is 0 Å². The third kappa shape index (κ3) is 0.778. The molecule has 1 nitrogen and oxygen atoms in total. The van der Waals surface area contributed by atoms with Gasteiger partial charge in [0.05, 0.1) is 6.10 Å². The standard InChI is InChI=1S/C6H12O/c1-5-3-4-6(5)7-2/h5-6H,3-4H2,1-2H3/t5-,6-/m1/s1. The van der Waals surface area contributed by atoms with E-state index in [2.05, 4.69) is 6.92 Å². The average Bonchev–Trinajstić information content (AvgIpc) is 1.65. The van der Waals surface area contributed by atoms with Gasteiger partial charge in [0.2, 0.25) is 0 Å². The van der Waals surface area contributed by atoms with Crippen LogP contribution in [0.5, 0.6) is 0 Å². The predicted molar refractivity (Wildman–Crippen MR) is 29.2 cm³/mol. The van der Waals surface area contributed by atoms with Crippen molar-refractivity contribution in [2.45, 2.75) is 25.9 Å². The molecule has 2 atom stereocenters. The summed E-state index contributed by atoms with van der Waals surface area (Å²) >= 11 is 0. The lowest BCUT2D eigenvalue weighted by Gasteiger charge is -2.31. The second kappa shape index (κ2) is 1.83. The second-order valence-corrected chi connectivity index (χ2v) is 2.33. The fourth-order valence-electron chi connectivity index (χ4n) is 0.986. The molecule has 0 spiro atoms. The summed E-state index contributed by atoms with van der Waals surface area (Å²) in [4.78, 5) is 0. The summed E-state index contributed by atoms with van der Waals surface area (Å²) in [5, 5.41) is 0. The van der Waals surface area contributed by atoms with Crippen LogP contribution in [0.4, 0.5) is 0 Å². The Kier molecular flexibility index (Phi) is 1.33. The number of hydrogen-bond donors (Lipinski definition) is 0. The molecule has 1 aliphatic rings. The Morgan fingerprint density at radius 1 is 1.43 bits per heavy atom. The molecule has 0 aliphatic heterocycles. The van der Waals surface area contributed by atoms with Crippen LogP contribution in [0.2, 0.25) is 0 Å². The average molecular weight is 100 g/mol. The van der Waals surface area contributed by atoms with Crippen LogP contribution in [-0.4, -0.2) is 13.2 Å². The molecular formula is C6H12O. The molecule has 0 unspecified atom stereocenters. The molecule has 0 saturated heterocycles. The van der Waals surface area contributed by atoms with Crippen molar-refractivity contribution in [1.29, 1.82) is 0 Å². The first-order chi connectivity index (χ1) is 3.34. The van der Waals surface area contributed by atoms with Crippen LogP contribution < -0.4 is 0 Å². The van der Waals surface area contributed by atoms with Crippen LogP contribution in [0, 0.1) is 5.92 Å². The predicted octanol–water partition coefficient (Wildman–Crippen LogP) is 1.43.